The van der Waals surface area contributed by atoms with Gasteiger partial charge in [0.15, 0.2) is 28.7 Å². The van der Waals surface area contributed by atoms with Crippen molar-refractivity contribution in [2.75, 3.05) is 37.7 Å². The first kappa shape index (κ1) is 52.9. The van der Waals surface area contributed by atoms with E-state index >= 15 is 0 Å². The number of nitrogens with one attached hydrogen (secondary N) is 3. The summed E-state index contributed by atoms with van der Waals surface area (Å²) in [5.74, 6) is 5.65. The molecule has 0 radical (unpaired) electrons. The molecule has 4 aliphatic carbocycles. The molecule has 11 aromatic rings. The Hall–Kier alpha value is -8.87. The molecule has 0 atom stereocenters. The summed E-state index contributed by atoms with van der Waals surface area (Å²) in [4.78, 5) is 39.0. The minimum atomic E-state index is -1.18. The number of H-pyrrole nitrogens is 1. The molecule has 0 unspecified atom stereocenters. The van der Waals surface area contributed by atoms with E-state index in [2.05, 4.69) is 72.3 Å². The molecule has 428 valence electrons. The summed E-state index contributed by atoms with van der Waals surface area (Å²) in [6, 6.07) is 34.3. The third-order valence-corrected chi connectivity index (χ3v) is 18.3. The summed E-state index contributed by atoms with van der Waals surface area (Å²) in [6.45, 7) is 3.41. The van der Waals surface area contributed by atoms with Crippen molar-refractivity contribution >= 4 is 102 Å². The first-order valence-electron chi connectivity index (χ1n) is 28.5. The van der Waals surface area contributed by atoms with Crippen molar-refractivity contribution in [2.45, 2.75) is 93.7 Å². The molecule has 0 amide bonds. The van der Waals surface area contributed by atoms with E-state index in [1.54, 1.807) is 58.0 Å². The number of aromatic nitrogens is 11. The lowest BCUT2D eigenvalue weighted by molar-refractivity contribution is -0.0633. The minimum Gasteiger partial charge on any atom is -0.494 e. The second-order valence-corrected chi connectivity index (χ2v) is 23.9. The van der Waals surface area contributed by atoms with Gasteiger partial charge in [-0.05, 0) is 105 Å². The van der Waals surface area contributed by atoms with Crippen LogP contribution in [-0.4, -0.2) is 91.5 Å². The predicted molar refractivity (Wildman–Crippen MR) is 332 cm³/mol. The third-order valence-electron chi connectivity index (χ3n) is 17.8. The SMILES string of the molecule is COc1cccc2c(=N/C(=N\I)C3CC(O)(c4ccc(C(C)(C)O)cn4)C3)[nH]c(Nc3c4c(OC)c5nc(Nc6cc(OC)c7nc(N)n8nc(C9CC(c%10ccccc%10)C9)nc8c7c6)n6nc(C7CC(c8ccccc8)C7)nc6c5c3C4)nc12. The smallest absolute Gasteiger partial charge is 0.231 e. The number of nitrogen functional groups attached to an aromatic ring is 1. The van der Waals surface area contributed by atoms with Crippen molar-refractivity contribution in [2.24, 2.45) is 14.1 Å². The lowest BCUT2D eigenvalue weighted by Gasteiger charge is -2.42. The molecule has 6 heterocycles. The molecule has 85 heavy (non-hydrogen) atoms. The molecule has 0 aliphatic heterocycles. The van der Waals surface area contributed by atoms with Crippen LogP contribution in [0, 0.1) is 5.92 Å². The monoisotopic (exact) mass is 1250 g/mol. The summed E-state index contributed by atoms with van der Waals surface area (Å²) in [7, 11) is 4.89. The van der Waals surface area contributed by atoms with Gasteiger partial charge < -0.3 is 45.8 Å². The number of aromatic amines is 1. The van der Waals surface area contributed by atoms with Crippen molar-refractivity contribution in [1.82, 2.24) is 54.1 Å². The molecule has 0 saturated heterocycles. The number of methoxy groups -OCH3 is 3. The Morgan fingerprint density at radius 2 is 1.39 bits per heavy atom. The molecule has 5 aromatic carbocycles. The van der Waals surface area contributed by atoms with Gasteiger partial charge in [-0.1, -0.05) is 72.8 Å². The number of hydrogen-bond acceptors (Lipinski definition) is 17. The van der Waals surface area contributed by atoms with Crippen LogP contribution in [0.4, 0.5) is 29.2 Å². The number of halogens is 1. The number of nitrogens with zero attached hydrogens (tertiary/aromatic N) is 12. The molecule has 6 aromatic heterocycles. The van der Waals surface area contributed by atoms with Gasteiger partial charge in [0.05, 0.1) is 71.9 Å². The van der Waals surface area contributed by atoms with Crippen LogP contribution in [0.25, 0.3) is 44.0 Å². The minimum absolute atomic E-state index is 0.116. The van der Waals surface area contributed by atoms with Gasteiger partial charge in [-0.2, -0.15) is 12.2 Å². The van der Waals surface area contributed by atoms with E-state index in [0.717, 1.165) is 59.5 Å². The number of aliphatic hydroxyl groups is 2. The fraction of sp³-hybridized carbons (Fsp3) is 0.302. The normalized spacial score (nSPS) is 21.2. The van der Waals surface area contributed by atoms with Gasteiger partial charge >= 0.3 is 0 Å². The summed E-state index contributed by atoms with van der Waals surface area (Å²) in [6.07, 6.45) is 6.62. The predicted octanol–water partition coefficient (Wildman–Crippen LogP) is 10.6. The van der Waals surface area contributed by atoms with E-state index < -0.39 is 11.2 Å². The van der Waals surface area contributed by atoms with Crippen molar-refractivity contribution in [1.29, 1.82) is 0 Å². The van der Waals surface area contributed by atoms with E-state index in [4.69, 9.17) is 60.1 Å². The Balaban J connectivity index is 0.808. The summed E-state index contributed by atoms with van der Waals surface area (Å²) in [5.41, 5.74) is 15.0. The molecule has 3 saturated carbocycles. The first-order chi connectivity index (χ1) is 41.3. The highest BCUT2D eigenvalue weighted by Gasteiger charge is 2.48. The molecular formula is C63H59IN16O5. The maximum absolute atomic E-state index is 11.7. The first-order valence-corrected chi connectivity index (χ1v) is 29.4. The van der Waals surface area contributed by atoms with E-state index in [9.17, 15) is 10.2 Å². The van der Waals surface area contributed by atoms with Gasteiger partial charge in [-0.25, -0.2) is 29.9 Å². The van der Waals surface area contributed by atoms with Gasteiger partial charge in [-0.15, -0.1) is 10.2 Å². The maximum Gasteiger partial charge on any atom is 0.231 e. The number of rotatable bonds is 14. The zero-order valence-electron chi connectivity index (χ0n) is 47.2. The van der Waals surface area contributed by atoms with Gasteiger partial charge in [0.2, 0.25) is 17.8 Å². The number of amidine groups is 1. The van der Waals surface area contributed by atoms with Crippen molar-refractivity contribution in [3.05, 3.63) is 160 Å². The zero-order chi connectivity index (χ0) is 58.0. The number of para-hydroxylation sites is 1. The van der Waals surface area contributed by atoms with Gasteiger partial charge in [0.25, 0.3) is 0 Å². The Labute approximate surface area is 500 Å². The largest absolute Gasteiger partial charge is 0.494 e. The topological polar surface area (TPSA) is 271 Å². The molecule has 3 fully saturated rings. The van der Waals surface area contributed by atoms with Crippen LogP contribution < -0.4 is 36.1 Å². The number of benzene rings is 5. The highest BCUT2D eigenvalue weighted by atomic mass is 127. The van der Waals surface area contributed by atoms with Crippen molar-refractivity contribution in [3.63, 3.8) is 0 Å². The van der Waals surface area contributed by atoms with E-state index in [-0.39, 0.29) is 23.7 Å². The average Bonchev–Trinajstić information content (AvgIpc) is 1.75. The quantitative estimate of drug-likeness (QED) is 0.0336. The second-order valence-electron chi connectivity index (χ2n) is 23.4. The van der Waals surface area contributed by atoms with Crippen LogP contribution in [0.5, 0.6) is 17.2 Å². The van der Waals surface area contributed by atoms with Crippen LogP contribution in [-0.2, 0) is 17.6 Å². The van der Waals surface area contributed by atoms with Gasteiger partial charge in [-0.3, -0.25) is 4.98 Å². The van der Waals surface area contributed by atoms with Crippen molar-refractivity contribution < 1.29 is 24.4 Å². The number of anilines is 5. The number of nitrogens with two attached hydrogens (primary N) is 1. The van der Waals surface area contributed by atoms with E-state index in [0.29, 0.717) is 127 Å². The van der Waals surface area contributed by atoms with Crippen LogP contribution in [0.1, 0.15) is 121 Å². The third kappa shape index (κ3) is 8.85. The zero-order valence-corrected chi connectivity index (χ0v) is 49.3. The lowest BCUT2D eigenvalue weighted by atomic mass is 9.68. The Morgan fingerprint density at radius 1 is 0.718 bits per heavy atom. The van der Waals surface area contributed by atoms with E-state index in [1.165, 1.54) is 11.1 Å². The van der Waals surface area contributed by atoms with Crippen LogP contribution >= 0.6 is 22.9 Å². The molecule has 7 N–H and O–H groups in total. The van der Waals surface area contributed by atoms with Gasteiger partial charge in [0, 0.05) is 58.6 Å². The molecule has 22 heteroatoms. The molecule has 21 nitrogen and oxygen atoms in total. The number of hydrogen-bond donors (Lipinski definition) is 6. The second kappa shape index (κ2) is 20.2. The number of fused-ring (bicyclic) bond motifs is 10. The maximum atomic E-state index is 11.7. The van der Waals surface area contributed by atoms with Gasteiger partial charge in [0.1, 0.15) is 45.0 Å². The fourth-order valence-electron chi connectivity index (χ4n) is 12.9. The molecule has 4 aliphatic rings. The Kier molecular flexibility index (Phi) is 12.5. The number of pyridine rings is 1. The summed E-state index contributed by atoms with van der Waals surface area (Å²) >= 11 is 1.97. The highest BCUT2D eigenvalue weighted by Crippen LogP contribution is 2.53. The van der Waals surface area contributed by atoms with Crippen LogP contribution in [0.15, 0.2) is 118 Å². The number of ether oxygens (including phenoxy) is 3. The Bertz CT molecular complexity index is 4600. The van der Waals surface area contributed by atoms with Crippen LogP contribution in [0.3, 0.4) is 0 Å². The Morgan fingerprint density at radius 3 is 2.02 bits per heavy atom. The standard InChI is InChI=1S/C63H59IN16O5/c1-62(2,81)38-19-20-46(66-30-38)63(82)28-37(29-63)53(76-64)72-56-40-17-12-18-44(83-3)49(40)70-60(75-56)69-48-41-27-42(48)52(85-5)51-47(41)58-74-55(36-23-34(24-36)32-15-10-7-11-16-32)78-80(58)61(71-51)67-39-25-43-50(45(26-39)84-4)68-59(65)79-57(43)73-54(77-79)35-21-33(22-35)31-13-8-6-9-14-31/h6-20,25-26,30,33-37,81-82H,21-24,27-29H2,1-5H3,(H2,65,68)(H,67,71)(H2,69,70,72,75,76). The molecule has 0 spiro atoms. The van der Waals surface area contributed by atoms with Crippen molar-refractivity contribution in [3.8, 4) is 17.2 Å². The lowest BCUT2D eigenvalue weighted by Crippen LogP contribution is -2.45. The molecular weight excluding hydrogens is 1190 g/mol. The van der Waals surface area contributed by atoms with Crippen LogP contribution in [0.2, 0.25) is 0 Å². The van der Waals surface area contributed by atoms with E-state index in [1.807, 2.05) is 69.8 Å². The molecule has 2 bridgehead atoms. The molecule has 15 rings (SSSR count). The average molecular weight is 1250 g/mol. The summed E-state index contributed by atoms with van der Waals surface area (Å²) < 4.78 is 26.3. The highest BCUT2D eigenvalue weighted by molar-refractivity contribution is 14.1. The fourth-order valence-corrected chi connectivity index (χ4v) is 13.5. The summed E-state index contributed by atoms with van der Waals surface area (Å²) in [5, 5.41) is 41.9.